The predicted molar refractivity (Wildman–Crippen MR) is 87.7 cm³/mol. The fourth-order valence-corrected chi connectivity index (χ4v) is 2.28. The predicted octanol–water partition coefficient (Wildman–Crippen LogP) is 3.49. The van der Waals surface area contributed by atoms with Crippen LogP contribution in [0.15, 0.2) is 36.4 Å². The monoisotopic (exact) mass is 287 g/mol. The van der Waals surface area contributed by atoms with E-state index in [0.717, 1.165) is 30.8 Å². The Morgan fingerprint density at radius 1 is 1.14 bits per heavy atom. The second kappa shape index (κ2) is 6.92. The summed E-state index contributed by atoms with van der Waals surface area (Å²) in [6.07, 6.45) is 1.10. The minimum atomic E-state index is -0.834. The third-order valence-electron chi connectivity index (χ3n) is 3.31. The van der Waals surface area contributed by atoms with Crippen LogP contribution in [0, 0.1) is 0 Å². The van der Waals surface area contributed by atoms with E-state index in [1.807, 2.05) is 18.2 Å². The quantitative estimate of drug-likeness (QED) is 0.766. The average molecular weight is 287 g/mol. The summed E-state index contributed by atoms with van der Waals surface area (Å²) in [7, 11) is 0. The van der Waals surface area contributed by atoms with Crippen LogP contribution in [0.3, 0.4) is 0 Å². The molecule has 0 aliphatic rings. The normalized spacial score (nSPS) is 11.8. The Kier molecular flexibility index (Phi) is 5.21. The molecule has 0 saturated heterocycles. The molecule has 0 bridgehead atoms. The highest BCUT2D eigenvalue weighted by atomic mass is 16.5. The molecule has 0 heterocycles. The van der Waals surface area contributed by atoms with Crippen molar-refractivity contribution in [3.63, 3.8) is 0 Å². The second-order valence-electron chi connectivity index (χ2n) is 6.04. The Bertz CT molecular complexity index is 587. The molecule has 0 unspecified atom stereocenters. The molecule has 21 heavy (non-hydrogen) atoms. The number of nitrogens with one attached hydrogen (secondary N) is 1. The van der Waals surface area contributed by atoms with E-state index < -0.39 is 5.60 Å². The van der Waals surface area contributed by atoms with E-state index in [-0.39, 0.29) is 6.61 Å². The highest BCUT2D eigenvalue weighted by Crippen LogP contribution is 2.28. The van der Waals surface area contributed by atoms with Crippen molar-refractivity contribution in [3.05, 3.63) is 42.0 Å². The maximum atomic E-state index is 9.86. The summed E-state index contributed by atoms with van der Waals surface area (Å²) in [6.45, 7) is 7.70. The first kappa shape index (κ1) is 15.8. The summed E-state index contributed by atoms with van der Waals surface area (Å²) in [5.41, 5.74) is 0.325. The molecule has 0 saturated carbocycles. The van der Waals surface area contributed by atoms with Gasteiger partial charge in [0.2, 0.25) is 0 Å². The van der Waals surface area contributed by atoms with Crippen LogP contribution < -0.4 is 10.1 Å². The Labute approximate surface area is 126 Å². The molecule has 2 rings (SSSR count). The minimum Gasteiger partial charge on any atom is -0.490 e. The summed E-state index contributed by atoms with van der Waals surface area (Å²) in [4.78, 5) is 0. The van der Waals surface area contributed by atoms with Gasteiger partial charge in [0.05, 0.1) is 5.60 Å². The number of fused-ring (bicyclic) bond motifs is 1. The average Bonchev–Trinajstić information content (AvgIpc) is 2.45. The summed E-state index contributed by atoms with van der Waals surface area (Å²) in [5.74, 6) is 0.847. The van der Waals surface area contributed by atoms with Gasteiger partial charge in [0.15, 0.2) is 0 Å². The van der Waals surface area contributed by atoms with Crippen LogP contribution in [0.25, 0.3) is 10.8 Å². The van der Waals surface area contributed by atoms with Gasteiger partial charge in [-0.3, -0.25) is 0 Å². The minimum absolute atomic E-state index is 0.284. The zero-order chi connectivity index (χ0) is 15.3. The van der Waals surface area contributed by atoms with E-state index in [1.54, 1.807) is 13.8 Å². The maximum Gasteiger partial charge on any atom is 0.124 e. The second-order valence-corrected chi connectivity index (χ2v) is 6.04. The molecule has 0 aromatic heterocycles. The SMILES string of the molecule is CCCNCc1c(OCC(C)(C)O)ccc2ccccc12. The number of hydrogen-bond acceptors (Lipinski definition) is 3. The van der Waals surface area contributed by atoms with Gasteiger partial charge in [-0.15, -0.1) is 0 Å². The number of benzene rings is 2. The maximum absolute atomic E-state index is 9.86. The molecule has 0 atom stereocenters. The largest absolute Gasteiger partial charge is 0.490 e. The molecule has 2 aromatic carbocycles. The van der Waals surface area contributed by atoms with Crippen LogP contribution in [0.5, 0.6) is 5.75 Å². The number of aliphatic hydroxyl groups is 1. The lowest BCUT2D eigenvalue weighted by atomic mass is 10.0. The summed E-state index contributed by atoms with van der Waals surface area (Å²) < 4.78 is 5.85. The lowest BCUT2D eigenvalue weighted by Gasteiger charge is -2.20. The zero-order valence-corrected chi connectivity index (χ0v) is 13.1. The summed E-state index contributed by atoms with van der Waals surface area (Å²) >= 11 is 0. The first-order valence-electron chi connectivity index (χ1n) is 7.58. The molecule has 0 aliphatic carbocycles. The van der Waals surface area contributed by atoms with Crippen LogP contribution in [0.4, 0.5) is 0 Å². The van der Waals surface area contributed by atoms with Crippen molar-refractivity contribution in [3.8, 4) is 5.75 Å². The molecule has 2 aromatic rings. The lowest BCUT2D eigenvalue weighted by Crippen LogP contribution is -2.28. The van der Waals surface area contributed by atoms with Crippen LogP contribution in [-0.2, 0) is 6.54 Å². The molecule has 114 valence electrons. The van der Waals surface area contributed by atoms with E-state index in [0.29, 0.717) is 0 Å². The third-order valence-corrected chi connectivity index (χ3v) is 3.31. The van der Waals surface area contributed by atoms with Crippen molar-refractivity contribution >= 4 is 10.8 Å². The molecule has 3 nitrogen and oxygen atoms in total. The van der Waals surface area contributed by atoms with Crippen LogP contribution in [-0.4, -0.2) is 23.9 Å². The molecule has 0 amide bonds. The first-order valence-corrected chi connectivity index (χ1v) is 7.58. The van der Waals surface area contributed by atoms with Gasteiger partial charge < -0.3 is 15.2 Å². The van der Waals surface area contributed by atoms with Crippen molar-refractivity contribution in [1.29, 1.82) is 0 Å². The smallest absolute Gasteiger partial charge is 0.124 e. The van der Waals surface area contributed by atoms with E-state index in [4.69, 9.17) is 4.74 Å². The lowest BCUT2D eigenvalue weighted by molar-refractivity contribution is 0.0282. The van der Waals surface area contributed by atoms with Crippen LogP contribution >= 0.6 is 0 Å². The number of ether oxygens (including phenoxy) is 1. The molecule has 0 fully saturated rings. The summed E-state index contributed by atoms with van der Waals surface area (Å²) in [5, 5.41) is 15.7. The fraction of sp³-hybridized carbons (Fsp3) is 0.444. The molecule has 0 aliphatic heterocycles. The van der Waals surface area contributed by atoms with Gasteiger partial charge in [-0.2, -0.15) is 0 Å². The van der Waals surface area contributed by atoms with Crippen LogP contribution in [0.1, 0.15) is 32.8 Å². The number of rotatable bonds is 7. The van der Waals surface area contributed by atoms with Crippen molar-refractivity contribution in [1.82, 2.24) is 5.32 Å². The van der Waals surface area contributed by atoms with Crippen molar-refractivity contribution in [2.45, 2.75) is 39.3 Å². The molecular formula is C18H25NO2. The fourth-order valence-electron chi connectivity index (χ4n) is 2.28. The van der Waals surface area contributed by atoms with Crippen molar-refractivity contribution < 1.29 is 9.84 Å². The van der Waals surface area contributed by atoms with E-state index in [9.17, 15) is 5.11 Å². The zero-order valence-electron chi connectivity index (χ0n) is 13.1. The summed E-state index contributed by atoms with van der Waals surface area (Å²) in [6, 6.07) is 12.4. The topological polar surface area (TPSA) is 41.5 Å². The van der Waals surface area contributed by atoms with Gasteiger partial charge in [-0.1, -0.05) is 37.3 Å². The Balaban J connectivity index is 2.31. The molecule has 0 spiro atoms. The van der Waals surface area contributed by atoms with Gasteiger partial charge in [-0.25, -0.2) is 0 Å². The van der Waals surface area contributed by atoms with E-state index >= 15 is 0 Å². The first-order chi connectivity index (χ1) is 10.0. The Morgan fingerprint density at radius 3 is 2.62 bits per heavy atom. The van der Waals surface area contributed by atoms with Crippen LogP contribution in [0.2, 0.25) is 0 Å². The molecule has 2 N–H and O–H groups in total. The third kappa shape index (κ3) is 4.45. The standard InChI is InChI=1S/C18H25NO2/c1-4-11-19-12-16-15-8-6-5-7-14(15)9-10-17(16)21-13-18(2,3)20/h5-10,19-20H,4,11-13H2,1-3H3. The highest BCUT2D eigenvalue weighted by Gasteiger charge is 2.15. The van der Waals surface area contributed by atoms with E-state index in [1.165, 1.54) is 10.8 Å². The van der Waals surface area contributed by atoms with E-state index in [2.05, 4.69) is 30.4 Å². The molecular weight excluding hydrogens is 262 g/mol. The van der Waals surface area contributed by atoms with Gasteiger partial charge in [0.25, 0.3) is 0 Å². The van der Waals surface area contributed by atoms with Gasteiger partial charge in [-0.05, 0) is 43.7 Å². The van der Waals surface area contributed by atoms with Crippen molar-refractivity contribution in [2.75, 3.05) is 13.2 Å². The molecule has 0 radical (unpaired) electrons. The Morgan fingerprint density at radius 2 is 1.90 bits per heavy atom. The van der Waals surface area contributed by atoms with Gasteiger partial charge in [0, 0.05) is 12.1 Å². The highest BCUT2D eigenvalue weighted by molar-refractivity contribution is 5.87. The van der Waals surface area contributed by atoms with Crippen molar-refractivity contribution in [2.24, 2.45) is 0 Å². The van der Waals surface area contributed by atoms with Gasteiger partial charge >= 0.3 is 0 Å². The number of hydrogen-bond donors (Lipinski definition) is 2. The Hall–Kier alpha value is -1.58. The van der Waals surface area contributed by atoms with Gasteiger partial charge in [0.1, 0.15) is 12.4 Å². The molecule has 3 heteroatoms.